The van der Waals surface area contributed by atoms with Crippen LogP contribution in [0.3, 0.4) is 0 Å². The van der Waals surface area contributed by atoms with E-state index in [0.717, 1.165) is 0 Å². The summed E-state index contributed by atoms with van der Waals surface area (Å²) in [4.78, 5) is 0. The van der Waals surface area contributed by atoms with Crippen LogP contribution in [0.25, 0.3) is 152 Å². The van der Waals surface area contributed by atoms with Crippen molar-refractivity contribution in [2.75, 3.05) is 0 Å². The Balaban J connectivity index is 1.05. The molecule has 0 heterocycles. The number of benzene rings is 15. The number of hydrogen-bond donors (Lipinski definition) is 0. The zero-order valence-electron chi connectivity index (χ0n) is 38.2. The summed E-state index contributed by atoms with van der Waals surface area (Å²) in [5.74, 6) is 0. The van der Waals surface area contributed by atoms with Crippen molar-refractivity contribution in [1.29, 1.82) is 0 Å². The van der Waals surface area contributed by atoms with E-state index in [4.69, 9.17) is 0 Å². The Morgan fingerprint density at radius 2 is 0.414 bits per heavy atom. The van der Waals surface area contributed by atoms with E-state index in [1.54, 1.807) is 0 Å². The van der Waals surface area contributed by atoms with Crippen LogP contribution in [0.2, 0.25) is 0 Å². The van der Waals surface area contributed by atoms with E-state index in [0.29, 0.717) is 0 Å². The first-order valence-corrected chi connectivity index (χ1v) is 24.4. The van der Waals surface area contributed by atoms with Gasteiger partial charge in [-0.1, -0.05) is 231 Å². The maximum Gasteiger partial charge on any atom is -0.00199 e. The number of rotatable bonds is 4. The number of fused-ring (bicyclic) bond motifs is 18. The van der Waals surface area contributed by atoms with E-state index in [-0.39, 0.29) is 0 Å². The second-order valence-corrected chi connectivity index (χ2v) is 19.0. The highest BCUT2D eigenvalue weighted by atomic mass is 14.2. The Morgan fingerprint density at radius 3 is 0.771 bits per heavy atom. The molecule has 0 atom stereocenters. The van der Waals surface area contributed by atoms with Crippen molar-refractivity contribution in [3.8, 4) is 44.5 Å². The van der Waals surface area contributed by atoms with Gasteiger partial charge in [0.1, 0.15) is 0 Å². The van der Waals surface area contributed by atoms with Crippen LogP contribution >= 0.6 is 0 Å². The molecular formula is C70H42. The van der Waals surface area contributed by atoms with Crippen LogP contribution in [-0.4, -0.2) is 0 Å². The highest BCUT2D eigenvalue weighted by molar-refractivity contribution is 6.35. The van der Waals surface area contributed by atoms with Gasteiger partial charge in [0.2, 0.25) is 0 Å². The van der Waals surface area contributed by atoms with Gasteiger partial charge in [-0.3, -0.25) is 0 Å². The second-order valence-electron chi connectivity index (χ2n) is 19.0. The monoisotopic (exact) mass is 882 g/mol. The molecule has 0 N–H and O–H groups in total. The predicted octanol–water partition coefficient (Wildman–Crippen LogP) is 19.9. The molecule has 0 heteroatoms. The molecule has 70 heavy (non-hydrogen) atoms. The van der Waals surface area contributed by atoms with Gasteiger partial charge in [0.05, 0.1) is 0 Å². The van der Waals surface area contributed by atoms with Crippen LogP contribution in [0.1, 0.15) is 0 Å². The fourth-order valence-electron chi connectivity index (χ4n) is 12.4. The fourth-order valence-corrected chi connectivity index (χ4v) is 12.4. The topological polar surface area (TPSA) is 0 Å². The van der Waals surface area contributed by atoms with Crippen LogP contribution < -0.4 is 0 Å². The predicted molar refractivity (Wildman–Crippen MR) is 303 cm³/mol. The van der Waals surface area contributed by atoms with Crippen LogP contribution in [0.15, 0.2) is 255 Å². The van der Waals surface area contributed by atoms with Crippen molar-refractivity contribution in [3.63, 3.8) is 0 Å². The van der Waals surface area contributed by atoms with Gasteiger partial charge >= 0.3 is 0 Å². The summed E-state index contributed by atoms with van der Waals surface area (Å²) >= 11 is 0. The van der Waals surface area contributed by atoms with Crippen molar-refractivity contribution < 1.29 is 0 Å². The molecule has 322 valence electrons. The SMILES string of the molecule is c1ccc(-c2c3ccc(-c4cc5c6ccccc6c6ccccc6c5c5ccccc45)cc3c(-c3ccccc3)c3ccc(-c4cc5c6ccccc6c6ccccc6c5c5ccccc45)cc23)cc1. The first kappa shape index (κ1) is 38.9. The lowest BCUT2D eigenvalue weighted by Crippen LogP contribution is -1.94. The highest BCUT2D eigenvalue weighted by Crippen LogP contribution is 2.49. The molecule has 0 fully saturated rings. The van der Waals surface area contributed by atoms with Crippen LogP contribution in [-0.2, 0) is 0 Å². The Hall–Kier alpha value is -9.10. The maximum atomic E-state index is 2.49. The lowest BCUT2D eigenvalue weighted by molar-refractivity contribution is 1.64. The Labute approximate surface area is 404 Å². The van der Waals surface area contributed by atoms with E-state index >= 15 is 0 Å². The summed E-state index contributed by atoms with van der Waals surface area (Å²) < 4.78 is 0. The Bertz CT molecular complexity index is 4380. The largest absolute Gasteiger partial charge is 0.0622 e. The molecule has 15 aromatic carbocycles. The molecule has 0 spiro atoms. The standard InChI is InChI=1S/C70H42/c1-3-19-43(20-4-1)67-59-37-35-46(62-42-66-52-28-10-8-24-48(52)50-26-12-16-32-56(50)70(66)58-34-18-14-30-54(58)62)40-64(59)68(44-21-5-2-6-22-44)60-38-36-45(39-63(60)67)61-41-65-51-27-9-7-23-47(51)49-25-11-15-31-55(49)69(65)57-33-17-13-29-53(57)61/h1-42H. The average molecular weight is 883 g/mol. The molecule has 0 aromatic heterocycles. The molecule has 0 saturated carbocycles. The normalized spacial score (nSPS) is 12.0. The molecule has 0 nitrogen and oxygen atoms in total. The van der Waals surface area contributed by atoms with Crippen molar-refractivity contribution >= 4 is 108 Å². The molecule has 0 aliphatic carbocycles. The van der Waals surface area contributed by atoms with Crippen LogP contribution in [0.4, 0.5) is 0 Å². The van der Waals surface area contributed by atoms with Crippen molar-refractivity contribution in [2.45, 2.75) is 0 Å². The Morgan fingerprint density at radius 1 is 0.143 bits per heavy atom. The minimum Gasteiger partial charge on any atom is -0.0622 e. The molecule has 0 bridgehead atoms. The zero-order chi connectivity index (χ0) is 45.9. The van der Waals surface area contributed by atoms with E-state index in [1.165, 1.54) is 152 Å². The second kappa shape index (κ2) is 15.2. The summed E-state index contributed by atoms with van der Waals surface area (Å²) in [6.07, 6.45) is 0. The minimum absolute atomic E-state index is 1.21. The third-order valence-corrected chi connectivity index (χ3v) is 15.4. The summed E-state index contributed by atoms with van der Waals surface area (Å²) in [5, 5.41) is 25.5. The molecule has 0 unspecified atom stereocenters. The van der Waals surface area contributed by atoms with Gasteiger partial charge in [-0.25, -0.2) is 0 Å². The van der Waals surface area contributed by atoms with Gasteiger partial charge in [-0.2, -0.15) is 0 Å². The first-order valence-electron chi connectivity index (χ1n) is 24.4. The molecule has 15 rings (SSSR count). The van der Waals surface area contributed by atoms with Gasteiger partial charge in [-0.05, 0) is 176 Å². The summed E-state index contributed by atoms with van der Waals surface area (Å²) in [6, 6.07) is 95.3. The van der Waals surface area contributed by atoms with Crippen molar-refractivity contribution in [3.05, 3.63) is 255 Å². The maximum absolute atomic E-state index is 2.49. The van der Waals surface area contributed by atoms with E-state index in [2.05, 4.69) is 255 Å². The third-order valence-electron chi connectivity index (χ3n) is 15.4. The summed E-state index contributed by atoms with van der Waals surface area (Å²) in [5.41, 5.74) is 9.81. The molecule has 0 aliphatic rings. The van der Waals surface area contributed by atoms with E-state index < -0.39 is 0 Å². The molecule has 0 aliphatic heterocycles. The minimum atomic E-state index is 1.21. The Kier molecular flexibility index (Phi) is 8.46. The zero-order valence-corrected chi connectivity index (χ0v) is 38.2. The highest BCUT2D eigenvalue weighted by Gasteiger charge is 2.22. The molecule has 0 radical (unpaired) electrons. The fraction of sp³-hybridized carbons (Fsp3) is 0. The van der Waals surface area contributed by atoms with Crippen LogP contribution in [0, 0.1) is 0 Å². The quantitative estimate of drug-likeness (QED) is 0.122. The van der Waals surface area contributed by atoms with Gasteiger partial charge in [-0.15, -0.1) is 0 Å². The summed E-state index contributed by atoms with van der Waals surface area (Å²) in [7, 11) is 0. The van der Waals surface area contributed by atoms with Gasteiger partial charge in [0.15, 0.2) is 0 Å². The van der Waals surface area contributed by atoms with Crippen molar-refractivity contribution in [2.24, 2.45) is 0 Å². The van der Waals surface area contributed by atoms with Gasteiger partial charge in [0.25, 0.3) is 0 Å². The van der Waals surface area contributed by atoms with Gasteiger partial charge in [0, 0.05) is 0 Å². The number of hydrogen-bond acceptors (Lipinski definition) is 0. The molecule has 15 aromatic rings. The molecular weight excluding hydrogens is 841 g/mol. The lowest BCUT2D eigenvalue weighted by atomic mass is 9.82. The average Bonchev–Trinajstić information content (AvgIpc) is 3.44. The molecule has 0 saturated heterocycles. The van der Waals surface area contributed by atoms with Gasteiger partial charge < -0.3 is 0 Å². The van der Waals surface area contributed by atoms with Crippen LogP contribution in [0.5, 0.6) is 0 Å². The van der Waals surface area contributed by atoms with E-state index in [1.807, 2.05) is 0 Å². The van der Waals surface area contributed by atoms with E-state index in [9.17, 15) is 0 Å². The summed E-state index contributed by atoms with van der Waals surface area (Å²) in [6.45, 7) is 0. The smallest absolute Gasteiger partial charge is 0.00199 e. The third kappa shape index (κ3) is 5.65. The molecule has 0 amide bonds. The van der Waals surface area contributed by atoms with Crippen molar-refractivity contribution in [1.82, 2.24) is 0 Å². The lowest BCUT2D eigenvalue weighted by Gasteiger charge is -2.21. The first-order chi connectivity index (χ1) is 34.8.